The lowest BCUT2D eigenvalue weighted by Gasteiger charge is -2.07. The van der Waals surface area contributed by atoms with E-state index in [9.17, 15) is 4.79 Å². The number of carboxylic acid groups (broad SMARTS) is 1. The van der Waals surface area contributed by atoms with Gasteiger partial charge >= 0.3 is 5.97 Å². The summed E-state index contributed by atoms with van der Waals surface area (Å²) in [5.41, 5.74) is 0.163. The Morgan fingerprint density at radius 2 is 1.89 bits per heavy atom. The van der Waals surface area contributed by atoms with E-state index in [1.54, 1.807) is 0 Å². The molecule has 18 heavy (non-hydrogen) atoms. The third-order valence-corrected chi connectivity index (χ3v) is 2.70. The molecule has 0 radical (unpaired) electrons. The Labute approximate surface area is 105 Å². The normalized spacial score (nSPS) is 10.2. The summed E-state index contributed by atoms with van der Waals surface area (Å²) >= 11 is 0. The molecule has 0 atom stereocenters. The van der Waals surface area contributed by atoms with Crippen LogP contribution in [0, 0.1) is 0 Å². The fraction of sp³-hybridized carbons (Fsp3) is 0.133. The van der Waals surface area contributed by atoms with E-state index >= 15 is 0 Å². The maximum atomic E-state index is 10.6. The summed E-state index contributed by atoms with van der Waals surface area (Å²) in [5, 5.41) is 10.9. The molecule has 0 aliphatic heterocycles. The molecular formula is C15H14O3. The van der Waals surface area contributed by atoms with Crippen LogP contribution in [0.4, 0.5) is 0 Å². The first-order valence-corrected chi connectivity index (χ1v) is 5.69. The Hall–Kier alpha value is -2.29. The number of aliphatic carboxylic acids is 1. The first kappa shape index (κ1) is 12.2. The zero-order valence-electron chi connectivity index (χ0n) is 9.93. The highest BCUT2D eigenvalue weighted by Crippen LogP contribution is 2.20. The molecule has 0 saturated carbocycles. The molecule has 0 unspecified atom stereocenters. The Morgan fingerprint density at radius 1 is 1.17 bits per heavy atom. The zero-order chi connectivity index (χ0) is 13.0. The van der Waals surface area contributed by atoms with Gasteiger partial charge in [0, 0.05) is 12.0 Å². The van der Waals surface area contributed by atoms with Crippen molar-refractivity contribution in [2.24, 2.45) is 0 Å². The summed E-state index contributed by atoms with van der Waals surface area (Å²) in [6.07, 6.45) is 0.322. The van der Waals surface area contributed by atoms with Gasteiger partial charge < -0.3 is 9.84 Å². The van der Waals surface area contributed by atoms with Gasteiger partial charge in [-0.3, -0.25) is 0 Å². The van der Waals surface area contributed by atoms with E-state index < -0.39 is 5.97 Å². The summed E-state index contributed by atoms with van der Waals surface area (Å²) in [6.45, 7) is 3.78. The summed E-state index contributed by atoms with van der Waals surface area (Å²) < 4.78 is 5.51. The van der Waals surface area contributed by atoms with E-state index in [0.29, 0.717) is 13.0 Å². The van der Waals surface area contributed by atoms with Gasteiger partial charge in [-0.2, -0.15) is 0 Å². The summed E-state index contributed by atoms with van der Waals surface area (Å²) in [5.74, 6) is -0.232. The van der Waals surface area contributed by atoms with E-state index in [-0.39, 0.29) is 5.57 Å². The monoisotopic (exact) mass is 242 g/mol. The number of rotatable bonds is 5. The van der Waals surface area contributed by atoms with Crippen molar-refractivity contribution in [3.63, 3.8) is 0 Å². The molecule has 0 heterocycles. The summed E-state index contributed by atoms with van der Waals surface area (Å²) in [6, 6.07) is 13.8. The molecule has 0 bridgehead atoms. The summed E-state index contributed by atoms with van der Waals surface area (Å²) in [7, 11) is 0. The molecule has 1 N–H and O–H groups in total. The molecule has 0 aliphatic rings. The van der Waals surface area contributed by atoms with Crippen molar-refractivity contribution >= 4 is 16.7 Å². The molecule has 0 saturated heterocycles. The Bertz CT molecular complexity index is 587. The highest BCUT2D eigenvalue weighted by atomic mass is 16.5. The van der Waals surface area contributed by atoms with E-state index in [2.05, 4.69) is 6.58 Å². The van der Waals surface area contributed by atoms with Crippen LogP contribution in [0.2, 0.25) is 0 Å². The minimum absolute atomic E-state index is 0.163. The zero-order valence-corrected chi connectivity index (χ0v) is 9.93. The summed E-state index contributed by atoms with van der Waals surface area (Å²) in [4.78, 5) is 10.6. The molecule has 3 nitrogen and oxygen atoms in total. The van der Waals surface area contributed by atoms with E-state index in [0.717, 1.165) is 16.5 Å². The van der Waals surface area contributed by atoms with E-state index in [1.807, 2.05) is 42.5 Å². The lowest BCUT2D eigenvalue weighted by atomic mass is 10.1. The van der Waals surface area contributed by atoms with E-state index in [4.69, 9.17) is 9.84 Å². The average Bonchev–Trinajstić information content (AvgIpc) is 2.38. The molecule has 0 fully saturated rings. The lowest BCUT2D eigenvalue weighted by molar-refractivity contribution is -0.132. The van der Waals surface area contributed by atoms with Crippen molar-refractivity contribution in [2.75, 3.05) is 6.61 Å². The Balaban J connectivity index is 2.00. The SMILES string of the molecule is C=C(CCOc1ccc2ccccc2c1)C(=O)O. The number of fused-ring (bicyclic) bond motifs is 1. The maximum absolute atomic E-state index is 10.6. The molecular weight excluding hydrogens is 228 g/mol. The fourth-order valence-corrected chi connectivity index (χ4v) is 1.66. The largest absolute Gasteiger partial charge is 0.493 e. The number of hydrogen-bond donors (Lipinski definition) is 1. The van der Waals surface area contributed by atoms with Gasteiger partial charge in [0.1, 0.15) is 5.75 Å². The van der Waals surface area contributed by atoms with Crippen LogP contribution in [0.1, 0.15) is 6.42 Å². The molecule has 0 amide bonds. The van der Waals surface area contributed by atoms with Crippen LogP contribution in [0.25, 0.3) is 10.8 Å². The van der Waals surface area contributed by atoms with Crippen molar-refractivity contribution in [2.45, 2.75) is 6.42 Å². The second-order valence-corrected chi connectivity index (χ2v) is 4.02. The van der Waals surface area contributed by atoms with Gasteiger partial charge in [0.15, 0.2) is 0 Å². The molecule has 2 rings (SSSR count). The number of carbonyl (C=O) groups is 1. The third kappa shape index (κ3) is 2.88. The van der Waals surface area contributed by atoms with Crippen molar-refractivity contribution in [1.82, 2.24) is 0 Å². The van der Waals surface area contributed by atoms with Crippen LogP contribution in [0.5, 0.6) is 5.75 Å². The van der Waals surface area contributed by atoms with Gasteiger partial charge in [-0.25, -0.2) is 4.79 Å². The minimum Gasteiger partial charge on any atom is -0.493 e. The van der Waals surface area contributed by atoms with Crippen LogP contribution >= 0.6 is 0 Å². The molecule has 2 aromatic carbocycles. The van der Waals surface area contributed by atoms with Crippen molar-refractivity contribution in [3.8, 4) is 5.75 Å². The topological polar surface area (TPSA) is 46.5 Å². The number of benzene rings is 2. The quantitative estimate of drug-likeness (QED) is 0.819. The first-order chi connectivity index (χ1) is 8.66. The van der Waals surface area contributed by atoms with Crippen molar-refractivity contribution in [1.29, 1.82) is 0 Å². The van der Waals surface area contributed by atoms with E-state index in [1.165, 1.54) is 0 Å². The van der Waals surface area contributed by atoms with Gasteiger partial charge in [-0.1, -0.05) is 36.9 Å². The lowest BCUT2D eigenvalue weighted by Crippen LogP contribution is -2.05. The second-order valence-electron chi connectivity index (χ2n) is 4.02. The highest BCUT2D eigenvalue weighted by molar-refractivity contribution is 5.85. The van der Waals surface area contributed by atoms with Crippen molar-refractivity contribution < 1.29 is 14.6 Å². The number of hydrogen-bond acceptors (Lipinski definition) is 2. The standard InChI is InChI=1S/C15H14O3/c1-11(15(16)17)8-9-18-14-7-6-12-4-2-3-5-13(12)10-14/h2-7,10H,1,8-9H2,(H,16,17). The molecule has 3 heteroatoms. The Morgan fingerprint density at radius 3 is 2.61 bits per heavy atom. The molecule has 0 spiro atoms. The fourth-order valence-electron chi connectivity index (χ4n) is 1.66. The van der Waals surface area contributed by atoms with Gasteiger partial charge in [0.25, 0.3) is 0 Å². The number of carboxylic acids is 1. The molecule has 2 aromatic rings. The van der Waals surface area contributed by atoms with Gasteiger partial charge in [0.05, 0.1) is 6.61 Å². The van der Waals surface area contributed by atoms with Crippen LogP contribution in [0.3, 0.4) is 0 Å². The van der Waals surface area contributed by atoms with Gasteiger partial charge in [-0.05, 0) is 22.9 Å². The average molecular weight is 242 g/mol. The highest BCUT2D eigenvalue weighted by Gasteiger charge is 2.04. The minimum atomic E-state index is -0.975. The van der Waals surface area contributed by atoms with Crippen LogP contribution < -0.4 is 4.74 Å². The van der Waals surface area contributed by atoms with Crippen LogP contribution in [-0.4, -0.2) is 17.7 Å². The first-order valence-electron chi connectivity index (χ1n) is 5.69. The maximum Gasteiger partial charge on any atom is 0.331 e. The van der Waals surface area contributed by atoms with Crippen molar-refractivity contribution in [3.05, 3.63) is 54.6 Å². The number of ether oxygens (including phenoxy) is 1. The van der Waals surface area contributed by atoms with Gasteiger partial charge in [-0.15, -0.1) is 0 Å². The molecule has 0 aliphatic carbocycles. The van der Waals surface area contributed by atoms with Gasteiger partial charge in [0.2, 0.25) is 0 Å². The molecule has 0 aromatic heterocycles. The van der Waals surface area contributed by atoms with Crippen LogP contribution in [-0.2, 0) is 4.79 Å². The van der Waals surface area contributed by atoms with Crippen LogP contribution in [0.15, 0.2) is 54.6 Å². The smallest absolute Gasteiger partial charge is 0.331 e. The molecule has 92 valence electrons. The Kier molecular flexibility index (Phi) is 3.63. The second kappa shape index (κ2) is 5.36. The predicted octanol–water partition coefficient (Wildman–Crippen LogP) is 3.25. The third-order valence-electron chi connectivity index (χ3n) is 2.70. The predicted molar refractivity (Wildman–Crippen MR) is 70.8 cm³/mol.